The number of hydrogen-bond acceptors (Lipinski definition) is 7. The van der Waals surface area contributed by atoms with E-state index < -0.39 is 53.1 Å². The van der Waals surface area contributed by atoms with Crippen LogP contribution in [0.25, 0.3) is 0 Å². The standard InChI is InChI=1S/C35H30BrF3N2O6/c36-26-16-28(43)31-25(32(26)44)15-23-21(29(31)24-14-20(6-9-27(24)42)47-35(37,38)39)7-8-22-30(23)34(46)41(33(22)45)19-10-12-40(13-11-19)17-18-4-2-1-3-5-18/h1-7,9,14,16,19,22-23,29-30,42H,8,10-13,15,17H2/t22-,23+,29+,30-/m0/s1. The number of benzene rings is 2. The number of nitrogens with zero attached hydrogens (tertiary/aromatic N) is 2. The predicted octanol–water partition coefficient (Wildman–Crippen LogP) is 5.72. The Hall–Kier alpha value is -4.03. The summed E-state index contributed by atoms with van der Waals surface area (Å²) in [6.07, 6.45) is -0.691. The predicted molar refractivity (Wildman–Crippen MR) is 166 cm³/mol. The van der Waals surface area contributed by atoms with Crippen LogP contribution in [0.3, 0.4) is 0 Å². The molecule has 0 saturated carbocycles. The number of phenols is 1. The lowest BCUT2D eigenvalue weighted by Crippen LogP contribution is -2.47. The smallest absolute Gasteiger partial charge is 0.508 e. The number of aromatic hydroxyl groups is 1. The van der Waals surface area contributed by atoms with E-state index in [1.54, 1.807) is 6.08 Å². The summed E-state index contributed by atoms with van der Waals surface area (Å²) in [5, 5.41) is 10.9. The minimum Gasteiger partial charge on any atom is -0.508 e. The van der Waals surface area contributed by atoms with E-state index in [-0.39, 0.29) is 51.9 Å². The molecule has 2 aromatic rings. The summed E-state index contributed by atoms with van der Waals surface area (Å²) < 4.78 is 43.6. The molecule has 0 radical (unpaired) electrons. The Morgan fingerprint density at radius 2 is 1.68 bits per heavy atom. The van der Waals surface area contributed by atoms with Gasteiger partial charge in [-0.15, -0.1) is 13.2 Å². The summed E-state index contributed by atoms with van der Waals surface area (Å²) in [6.45, 7) is 2.20. The average molecular weight is 712 g/mol. The molecular formula is C35H30BrF3N2O6. The van der Waals surface area contributed by atoms with E-state index in [4.69, 9.17) is 0 Å². The number of fused-ring (bicyclic) bond motifs is 3. The average Bonchev–Trinajstić information content (AvgIpc) is 3.29. The van der Waals surface area contributed by atoms with Crippen LogP contribution in [-0.2, 0) is 25.7 Å². The molecule has 244 valence electrons. The largest absolute Gasteiger partial charge is 0.573 e. The van der Waals surface area contributed by atoms with Gasteiger partial charge in [0.05, 0.1) is 16.3 Å². The highest BCUT2D eigenvalue weighted by Gasteiger charge is 2.57. The fraction of sp³-hybridized carbons (Fsp3) is 0.371. The molecule has 0 bridgehead atoms. The molecule has 2 aromatic carbocycles. The molecule has 2 saturated heterocycles. The number of piperidine rings is 1. The third-order valence-electron chi connectivity index (χ3n) is 10.1. The van der Waals surface area contributed by atoms with Crippen LogP contribution in [0.4, 0.5) is 13.2 Å². The van der Waals surface area contributed by atoms with Crippen LogP contribution >= 0.6 is 15.9 Å². The number of Topliss-reactive ketones (excluding diaryl/α,β-unsaturated/α-hetero) is 1. The Kier molecular flexibility index (Phi) is 7.99. The van der Waals surface area contributed by atoms with Gasteiger partial charge in [-0.1, -0.05) is 42.0 Å². The van der Waals surface area contributed by atoms with Crippen molar-refractivity contribution in [3.63, 3.8) is 0 Å². The van der Waals surface area contributed by atoms with Crippen molar-refractivity contribution >= 4 is 39.3 Å². The number of allylic oxidation sites excluding steroid dienone is 6. The lowest BCUT2D eigenvalue weighted by atomic mass is 9.59. The summed E-state index contributed by atoms with van der Waals surface area (Å²) >= 11 is 3.16. The van der Waals surface area contributed by atoms with Gasteiger partial charge in [-0.05, 0) is 71.3 Å². The van der Waals surface area contributed by atoms with Crippen molar-refractivity contribution in [3.05, 3.63) is 93.0 Å². The molecule has 4 atom stereocenters. The highest BCUT2D eigenvalue weighted by molar-refractivity contribution is 9.12. The van der Waals surface area contributed by atoms with Crippen LogP contribution < -0.4 is 4.74 Å². The molecule has 2 aliphatic heterocycles. The summed E-state index contributed by atoms with van der Waals surface area (Å²) in [4.78, 5) is 58.7. The molecule has 3 aliphatic carbocycles. The number of hydrogen-bond donors (Lipinski definition) is 1. The van der Waals surface area contributed by atoms with Crippen molar-refractivity contribution in [1.82, 2.24) is 9.80 Å². The van der Waals surface area contributed by atoms with Crippen molar-refractivity contribution < 1.29 is 42.2 Å². The lowest BCUT2D eigenvalue weighted by molar-refractivity contribution is -0.274. The maximum absolute atomic E-state index is 14.2. The zero-order chi connectivity index (χ0) is 33.2. The van der Waals surface area contributed by atoms with Crippen molar-refractivity contribution in [1.29, 1.82) is 0 Å². The van der Waals surface area contributed by atoms with Crippen LogP contribution in [0.1, 0.15) is 42.7 Å². The molecule has 1 N–H and O–H groups in total. The molecule has 0 spiro atoms. The van der Waals surface area contributed by atoms with Crippen molar-refractivity contribution in [2.24, 2.45) is 17.8 Å². The first-order valence-corrected chi connectivity index (χ1v) is 16.3. The highest BCUT2D eigenvalue weighted by Crippen LogP contribution is 2.57. The number of likely N-dealkylation sites (tertiary alicyclic amines) is 2. The van der Waals surface area contributed by atoms with E-state index in [0.29, 0.717) is 31.5 Å². The van der Waals surface area contributed by atoms with Gasteiger partial charge >= 0.3 is 6.36 Å². The number of imide groups is 1. The van der Waals surface area contributed by atoms with Gasteiger partial charge in [0.25, 0.3) is 0 Å². The fourth-order valence-electron chi connectivity index (χ4n) is 8.08. The molecule has 0 aromatic heterocycles. The number of ether oxygens (including phenoxy) is 1. The molecule has 2 heterocycles. The number of rotatable bonds is 5. The van der Waals surface area contributed by atoms with Gasteiger partial charge in [0, 0.05) is 54.4 Å². The first kappa shape index (κ1) is 31.6. The number of carbonyl (C=O) groups is 4. The summed E-state index contributed by atoms with van der Waals surface area (Å²) in [6, 6.07) is 12.8. The maximum Gasteiger partial charge on any atom is 0.573 e. The molecule has 2 fully saturated rings. The van der Waals surface area contributed by atoms with E-state index in [2.05, 4.69) is 37.7 Å². The normalized spacial score (nSPS) is 26.9. The van der Waals surface area contributed by atoms with Crippen LogP contribution in [0, 0.1) is 17.8 Å². The van der Waals surface area contributed by atoms with Crippen molar-refractivity contribution in [3.8, 4) is 11.5 Å². The number of halogens is 4. The molecule has 47 heavy (non-hydrogen) atoms. The Bertz CT molecular complexity index is 1780. The first-order valence-electron chi connectivity index (χ1n) is 15.5. The monoisotopic (exact) mass is 710 g/mol. The fourth-order valence-corrected chi connectivity index (χ4v) is 8.53. The number of amides is 2. The Morgan fingerprint density at radius 1 is 0.957 bits per heavy atom. The van der Waals surface area contributed by atoms with E-state index in [9.17, 15) is 37.5 Å². The van der Waals surface area contributed by atoms with Gasteiger partial charge in [-0.2, -0.15) is 0 Å². The van der Waals surface area contributed by atoms with Crippen LogP contribution in [-0.4, -0.2) is 63.8 Å². The SMILES string of the molecule is O=C1C=C(Br)C(=O)C2=C1[C@@H](c1cc(OC(F)(F)F)ccc1O)C1=CC[C@@H]3C(=O)N(C4CCN(Cc5ccccc5)CC4)C(=O)[C@@H]3[C@@H]1C2. The van der Waals surface area contributed by atoms with Crippen molar-refractivity contribution in [2.75, 3.05) is 13.1 Å². The third-order valence-corrected chi connectivity index (χ3v) is 10.7. The molecule has 2 amide bonds. The molecule has 12 heteroatoms. The molecule has 8 nitrogen and oxygen atoms in total. The van der Waals surface area contributed by atoms with Gasteiger partial charge < -0.3 is 9.84 Å². The quantitative estimate of drug-likeness (QED) is 0.241. The Labute approximate surface area is 276 Å². The second-order valence-electron chi connectivity index (χ2n) is 12.7. The highest BCUT2D eigenvalue weighted by atomic mass is 79.9. The second kappa shape index (κ2) is 11.9. The van der Waals surface area contributed by atoms with Crippen molar-refractivity contribution in [2.45, 2.75) is 50.6 Å². The molecule has 0 unspecified atom stereocenters. The Balaban J connectivity index is 1.21. The lowest BCUT2D eigenvalue weighted by Gasteiger charge is -2.42. The topological polar surface area (TPSA) is 104 Å². The zero-order valence-electron chi connectivity index (χ0n) is 25.0. The zero-order valence-corrected chi connectivity index (χ0v) is 26.6. The van der Waals surface area contributed by atoms with E-state index >= 15 is 0 Å². The molecule has 5 aliphatic rings. The minimum absolute atomic E-state index is 0.00817. The summed E-state index contributed by atoms with van der Waals surface area (Å²) in [7, 11) is 0. The number of phenolic OH excluding ortho intramolecular Hbond substituents is 1. The molecular weight excluding hydrogens is 681 g/mol. The van der Waals surface area contributed by atoms with E-state index in [1.807, 2.05) is 18.2 Å². The van der Waals surface area contributed by atoms with E-state index in [1.165, 1.54) is 10.5 Å². The number of alkyl halides is 3. The second-order valence-corrected chi connectivity index (χ2v) is 13.6. The van der Waals surface area contributed by atoms with Gasteiger partial charge in [0.1, 0.15) is 11.5 Å². The molecule has 7 rings (SSSR count). The minimum atomic E-state index is -5.01. The van der Waals surface area contributed by atoms with Crippen LogP contribution in [0.5, 0.6) is 11.5 Å². The summed E-state index contributed by atoms with van der Waals surface area (Å²) in [5.41, 5.74) is 1.81. The first-order chi connectivity index (χ1) is 22.4. The van der Waals surface area contributed by atoms with Gasteiger partial charge in [0.2, 0.25) is 11.8 Å². The van der Waals surface area contributed by atoms with Gasteiger partial charge in [-0.3, -0.25) is 29.0 Å². The number of ketones is 2. The van der Waals surface area contributed by atoms with E-state index in [0.717, 1.165) is 30.8 Å². The van der Waals surface area contributed by atoms with Crippen LogP contribution in [0.15, 0.2) is 81.9 Å². The third kappa shape index (κ3) is 5.65. The van der Waals surface area contributed by atoms with Gasteiger partial charge in [0.15, 0.2) is 11.6 Å². The Morgan fingerprint density at radius 3 is 2.38 bits per heavy atom. The summed E-state index contributed by atoms with van der Waals surface area (Å²) in [5.74, 6) is -5.88. The van der Waals surface area contributed by atoms with Gasteiger partial charge in [-0.25, -0.2) is 0 Å². The maximum atomic E-state index is 14.2. The number of carbonyl (C=O) groups excluding carboxylic acids is 4. The van der Waals surface area contributed by atoms with Crippen LogP contribution in [0.2, 0.25) is 0 Å².